The molecule has 1 saturated heterocycles. The molecule has 1 atom stereocenters. The van der Waals surface area contributed by atoms with Crippen LogP contribution in [0, 0.1) is 23.7 Å². The van der Waals surface area contributed by atoms with E-state index in [9.17, 15) is 18.5 Å². The third-order valence-electron chi connectivity index (χ3n) is 5.43. The number of nitrogens with zero attached hydrogens (tertiary/aromatic N) is 2. The van der Waals surface area contributed by atoms with Gasteiger partial charge in [-0.3, -0.25) is 9.69 Å². The van der Waals surface area contributed by atoms with E-state index < -0.39 is 9.84 Å². The SMILES string of the molecule is C#CCN(CCC(=O)Nc1sc2c(c1C#N)CCCCC2)C1CCS(=O)(=O)C1. The minimum Gasteiger partial charge on any atom is -0.317 e. The molecule has 1 aliphatic heterocycles. The van der Waals surface area contributed by atoms with Gasteiger partial charge in [-0.1, -0.05) is 12.3 Å². The normalized spacial score (nSPS) is 20.8. The molecular weight excluding hydrogens is 394 g/mol. The largest absolute Gasteiger partial charge is 0.317 e. The van der Waals surface area contributed by atoms with Gasteiger partial charge >= 0.3 is 0 Å². The van der Waals surface area contributed by atoms with E-state index in [-0.39, 0.29) is 29.9 Å². The number of carbonyl (C=O) groups is 1. The Morgan fingerprint density at radius 2 is 2.11 bits per heavy atom. The summed E-state index contributed by atoms with van der Waals surface area (Å²) in [6.45, 7) is 0.730. The first-order chi connectivity index (χ1) is 13.4. The quantitative estimate of drug-likeness (QED) is 0.565. The number of fused-ring (bicyclic) bond motifs is 1. The van der Waals surface area contributed by atoms with Crippen LogP contribution in [0.5, 0.6) is 0 Å². The predicted molar refractivity (Wildman–Crippen MR) is 111 cm³/mol. The van der Waals surface area contributed by atoms with Crippen molar-refractivity contribution in [3.8, 4) is 18.4 Å². The molecule has 2 aliphatic rings. The van der Waals surface area contributed by atoms with Crippen LogP contribution in [0.4, 0.5) is 5.00 Å². The van der Waals surface area contributed by atoms with Gasteiger partial charge in [0.25, 0.3) is 0 Å². The summed E-state index contributed by atoms with van der Waals surface area (Å²) >= 11 is 1.52. The van der Waals surface area contributed by atoms with E-state index in [4.69, 9.17) is 6.42 Å². The second-order valence-electron chi connectivity index (χ2n) is 7.41. The number of terminal acetylenes is 1. The van der Waals surface area contributed by atoms with E-state index in [2.05, 4.69) is 17.3 Å². The molecule has 0 bridgehead atoms. The van der Waals surface area contributed by atoms with Crippen LogP contribution in [-0.4, -0.2) is 49.9 Å². The number of nitrogens with one attached hydrogen (secondary N) is 1. The summed E-state index contributed by atoms with van der Waals surface area (Å²) in [5.41, 5.74) is 1.71. The fraction of sp³-hybridized carbons (Fsp3) is 0.600. The lowest BCUT2D eigenvalue weighted by atomic mass is 10.1. The molecule has 1 fully saturated rings. The van der Waals surface area contributed by atoms with E-state index in [1.165, 1.54) is 22.6 Å². The summed E-state index contributed by atoms with van der Waals surface area (Å²) < 4.78 is 23.5. The van der Waals surface area contributed by atoms with Crippen molar-refractivity contribution >= 4 is 32.1 Å². The second-order valence-corrected chi connectivity index (χ2v) is 10.7. The van der Waals surface area contributed by atoms with Crippen LogP contribution in [0.15, 0.2) is 0 Å². The minimum atomic E-state index is -3.01. The molecule has 3 rings (SSSR count). The molecule has 28 heavy (non-hydrogen) atoms. The fourth-order valence-corrected chi connectivity index (χ4v) is 6.97. The molecule has 1 unspecified atom stereocenters. The van der Waals surface area contributed by atoms with E-state index in [1.54, 1.807) is 0 Å². The molecule has 1 amide bonds. The number of rotatable bonds is 6. The van der Waals surface area contributed by atoms with Crippen LogP contribution in [0.3, 0.4) is 0 Å². The number of thiophene rings is 1. The van der Waals surface area contributed by atoms with Gasteiger partial charge in [-0.05, 0) is 37.7 Å². The summed E-state index contributed by atoms with van der Waals surface area (Å²) in [7, 11) is -3.01. The minimum absolute atomic E-state index is 0.104. The lowest BCUT2D eigenvalue weighted by Crippen LogP contribution is -2.38. The molecule has 0 saturated carbocycles. The Balaban J connectivity index is 1.62. The number of anilines is 1. The van der Waals surface area contributed by atoms with Crippen molar-refractivity contribution in [2.45, 2.75) is 51.0 Å². The first-order valence-corrected chi connectivity index (χ1v) is 12.3. The summed E-state index contributed by atoms with van der Waals surface area (Å²) in [4.78, 5) is 15.6. The third kappa shape index (κ3) is 4.94. The van der Waals surface area contributed by atoms with Crippen molar-refractivity contribution in [1.82, 2.24) is 4.90 Å². The van der Waals surface area contributed by atoms with E-state index in [1.807, 2.05) is 4.90 Å². The molecule has 0 spiro atoms. The van der Waals surface area contributed by atoms with Crippen molar-refractivity contribution in [3.05, 3.63) is 16.0 Å². The molecule has 2 heterocycles. The number of nitriles is 1. The van der Waals surface area contributed by atoms with Gasteiger partial charge in [-0.2, -0.15) is 5.26 Å². The Morgan fingerprint density at radius 1 is 1.32 bits per heavy atom. The maximum Gasteiger partial charge on any atom is 0.226 e. The van der Waals surface area contributed by atoms with Crippen molar-refractivity contribution in [2.75, 3.05) is 29.9 Å². The molecule has 1 aromatic heterocycles. The predicted octanol–water partition coefficient (Wildman–Crippen LogP) is 2.34. The zero-order valence-electron chi connectivity index (χ0n) is 15.9. The van der Waals surface area contributed by atoms with Crippen molar-refractivity contribution < 1.29 is 13.2 Å². The molecule has 1 aromatic rings. The lowest BCUT2D eigenvalue weighted by molar-refractivity contribution is -0.116. The number of amides is 1. The highest BCUT2D eigenvalue weighted by molar-refractivity contribution is 7.91. The highest BCUT2D eigenvalue weighted by atomic mass is 32.2. The average molecular weight is 420 g/mol. The van der Waals surface area contributed by atoms with Crippen molar-refractivity contribution in [2.24, 2.45) is 0 Å². The Labute approximate surface area is 170 Å². The highest BCUT2D eigenvalue weighted by Gasteiger charge is 2.32. The number of hydrogen-bond donors (Lipinski definition) is 1. The van der Waals surface area contributed by atoms with E-state index in [0.717, 1.165) is 31.2 Å². The topological polar surface area (TPSA) is 90.3 Å². The number of aryl methyl sites for hydroxylation is 1. The van der Waals surface area contributed by atoms with Gasteiger partial charge in [-0.25, -0.2) is 8.42 Å². The maximum absolute atomic E-state index is 12.5. The molecule has 6 nitrogen and oxygen atoms in total. The van der Waals surface area contributed by atoms with Crippen LogP contribution in [0.1, 0.15) is 48.1 Å². The number of hydrogen-bond acceptors (Lipinski definition) is 6. The number of sulfone groups is 1. The fourth-order valence-electron chi connectivity index (χ4n) is 3.95. The molecule has 8 heteroatoms. The van der Waals surface area contributed by atoms with Gasteiger partial charge < -0.3 is 5.32 Å². The van der Waals surface area contributed by atoms with E-state index >= 15 is 0 Å². The van der Waals surface area contributed by atoms with Crippen LogP contribution >= 0.6 is 11.3 Å². The van der Waals surface area contributed by atoms with Crippen molar-refractivity contribution in [1.29, 1.82) is 5.26 Å². The van der Waals surface area contributed by atoms with Gasteiger partial charge in [-0.15, -0.1) is 17.8 Å². The summed E-state index contributed by atoms with van der Waals surface area (Å²) in [5, 5.41) is 13.1. The zero-order chi connectivity index (χ0) is 20.1. The molecular formula is C20H25N3O3S2. The van der Waals surface area contributed by atoms with E-state index in [0.29, 0.717) is 30.1 Å². The van der Waals surface area contributed by atoms with Gasteiger partial charge in [0.1, 0.15) is 11.1 Å². The number of carbonyl (C=O) groups excluding carboxylic acids is 1. The second kappa shape index (κ2) is 9.09. The molecule has 1 aliphatic carbocycles. The first-order valence-electron chi connectivity index (χ1n) is 9.66. The van der Waals surface area contributed by atoms with Crippen LogP contribution in [0.25, 0.3) is 0 Å². The molecule has 150 valence electrons. The smallest absolute Gasteiger partial charge is 0.226 e. The Hall–Kier alpha value is -1.87. The van der Waals surface area contributed by atoms with Gasteiger partial charge in [0.05, 0.1) is 23.6 Å². The Kier molecular flexibility index (Phi) is 6.77. The monoisotopic (exact) mass is 419 g/mol. The zero-order valence-corrected chi connectivity index (χ0v) is 17.5. The Bertz CT molecular complexity index is 922. The maximum atomic E-state index is 12.5. The summed E-state index contributed by atoms with van der Waals surface area (Å²) in [6.07, 6.45) is 11.4. The molecule has 0 aromatic carbocycles. The molecule has 1 N–H and O–H groups in total. The van der Waals surface area contributed by atoms with Gasteiger partial charge in [0.15, 0.2) is 9.84 Å². The Morgan fingerprint density at radius 3 is 2.79 bits per heavy atom. The van der Waals surface area contributed by atoms with Crippen molar-refractivity contribution in [3.63, 3.8) is 0 Å². The van der Waals surface area contributed by atoms with Gasteiger partial charge in [0, 0.05) is 23.9 Å². The summed E-state index contributed by atoms with van der Waals surface area (Å²) in [6, 6.07) is 2.14. The average Bonchev–Trinajstić information content (AvgIpc) is 3.08. The van der Waals surface area contributed by atoms with Crippen LogP contribution in [0.2, 0.25) is 0 Å². The highest BCUT2D eigenvalue weighted by Crippen LogP contribution is 2.37. The van der Waals surface area contributed by atoms with Gasteiger partial charge in [0.2, 0.25) is 5.91 Å². The summed E-state index contributed by atoms with van der Waals surface area (Å²) in [5.74, 6) is 2.67. The van der Waals surface area contributed by atoms with Crippen LogP contribution < -0.4 is 5.32 Å². The standard InChI is InChI=1S/C20H25N3O3S2/c1-2-10-23(15-9-12-28(25,26)14-15)11-8-19(24)22-20-17(13-21)16-6-4-3-5-7-18(16)27-20/h1,15H,3-12,14H2,(H,22,24). The first kappa shape index (κ1) is 20.9. The molecule has 0 radical (unpaired) electrons. The van der Waals surface area contributed by atoms with Crippen LogP contribution in [-0.2, 0) is 27.5 Å². The third-order valence-corrected chi connectivity index (χ3v) is 8.39. The lowest BCUT2D eigenvalue weighted by Gasteiger charge is -2.25.